The third-order valence-electron chi connectivity index (χ3n) is 1.26. The van der Waals surface area contributed by atoms with Crippen molar-refractivity contribution in [1.82, 2.24) is 4.98 Å². The number of rotatable bonds is 2. The highest BCUT2D eigenvalue weighted by Crippen LogP contribution is 2.22. The summed E-state index contributed by atoms with van der Waals surface area (Å²) in [5.74, 6) is -1.74. The molecule has 0 aromatic carbocycles. The molecule has 1 atom stereocenters. The number of hydrogen-bond acceptors (Lipinski definition) is 2. The molecule has 1 unspecified atom stereocenters. The highest BCUT2D eigenvalue weighted by molar-refractivity contribution is 9.09. The second-order valence-electron chi connectivity index (χ2n) is 2.11. The Kier molecular flexibility index (Phi) is 2.75. The zero-order valence-corrected chi connectivity index (χ0v) is 7.45. The maximum Gasteiger partial charge on any atom is 0.321 e. The molecular formula is C7H5BrFNO2. The highest BCUT2D eigenvalue weighted by Gasteiger charge is 2.15. The summed E-state index contributed by atoms with van der Waals surface area (Å²) in [6, 6.07) is 2.52. The lowest BCUT2D eigenvalue weighted by atomic mass is 10.2. The largest absolute Gasteiger partial charge is 0.480 e. The molecule has 64 valence electrons. The molecule has 1 N–H and O–H groups in total. The topological polar surface area (TPSA) is 50.2 Å². The Labute approximate surface area is 76.4 Å². The van der Waals surface area contributed by atoms with Crippen LogP contribution in [0.1, 0.15) is 10.4 Å². The van der Waals surface area contributed by atoms with E-state index < -0.39 is 16.7 Å². The lowest BCUT2D eigenvalue weighted by Crippen LogP contribution is -2.04. The molecule has 1 rings (SSSR count). The fourth-order valence-corrected chi connectivity index (χ4v) is 1.00. The number of carboxylic acid groups (broad SMARTS) is 1. The zero-order chi connectivity index (χ0) is 9.14. The van der Waals surface area contributed by atoms with Crippen LogP contribution in [0.3, 0.4) is 0 Å². The molecule has 1 aromatic heterocycles. The molecular weight excluding hydrogens is 229 g/mol. The minimum atomic E-state index is -1.06. The van der Waals surface area contributed by atoms with Crippen molar-refractivity contribution >= 4 is 21.9 Å². The van der Waals surface area contributed by atoms with Crippen molar-refractivity contribution in [3.63, 3.8) is 0 Å². The van der Waals surface area contributed by atoms with Crippen LogP contribution in [0, 0.1) is 5.95 Å². The van der Waals surface area contributed by atoms with Crippen molar-refractivity contribution in [2.45, 2.75) is 4.83 Å². The Hall–Kier alpha value is -0.970. The minimum absolute atomic E-state index is 0.343. The Morgan fingerprint density at radius 1 is 1.75 bits per heavy atom. The lowest BCUT2D eigenvalue weighted by molar-refractivity contribution is -0.136. The summed E-state index contributed by atoms with van der Waals surface area (Å²) in [6.07, 6.45) is 1.22. The van der Waals surface area contributed by atoms with E-state index in [-0.39, 0.29) is 0 Å². The van der Waals surface area contributed by atoms with Gasteiger partial charge in [-0.05, 0) is 17.7 Å². The summed E-state index contributed by atoms with van der Waals surface area (Å²) in [4.78, 5) is 12.8. The van der Waals surface area contributed by atoms with E-state index >= 15 is 0 Å². The molecule has 5 heteroatoms. The number of halogens is 2. The molecule has 12 heavy (non-hydrogen) atoms. The van der Waals surface area contributed by atoms with Crippen LogP contribution in [-0.4, -0.2) is 16.1 Å². The lowest BCUT2D eigenvalue weighted by Gasteiger charge is -2.02. The van der Waals surface area contributed by atoms with E-state index in [1.807, 2.05) is 0 Å². The number of hydrogen-bond donors (Lipinski definition) is 1. The van der Waals surface area contributed by atoms with Crippen LogP contribution < -0.4 is 0 Å². The predicted molar refractivity (Wildman–Crippen MR) is 43.5 cm³/mol. The predicted octanol–water partition coefficient (Wildman–Crippen LogP) is 1.74. The van der Waals surface area contributed by atoms with Crippen LogP contribution in [0.25, 0.3) is 0 Å². The van der Waals surface area contributed by atoms with E-state index in [1.165, 1.54) is 12.3 Å². The van der Waals surface area contributed by atoms with Crippen molar-refractivity contribution < 1.29 is 14.3 Å². The van der Waals surface area contributed by atoms with Gasteiger partial charge < -0.3 is 5.11 Å². The highest BCUT2D eigenvalue weighted by atomic mass is 79.9. The van der Waals surface area contributed by atoms with Crippen molar-refractivity contribution in [1.29, 1.82) is 0 Å². The number of aromatic nitrogens is 1. The average Bonchev–Trinajstić information content (AvgIpc) is 2.03. The molecule has 0 saturated heterocycles. The standard InChI is InChI=1S/C7H5BrFNO2/c8-6(7(11)12)4-1-2-10-5(9)3-4/h1-3,6H,(H,11,12). The zero-order valence-electron chi connectivity index (χ0n) is 5.87. The van der Waals surface area contributed by atoms with Crippen LogP contribution >= 0.6 is 15.9 Å². The van der Waals surface area contributed by atoms with Gasteiger partial charge in [0, 0.05) is 6.20 Å². The van der Waals surface area contributed by atoms with Gasteiger partial charge in [0.25, 0.3) is 0 Å². The van der Waals surface area contributed by atoms with Gasteiger partial charge in [-0.25, -0.2) is 4.98 Å². The quantitative estimate of drug-likeness (QED) is 0.626. The minimum Gasteiger partial charge on any atom is -0.480 e. The van der Waals surface area contributed by atoms with E-state index in [2.05, 4.69) is 20.9 Å². The van der Waals surface area contributed by atoms with E-state index in [0.717, 1.165) is 6.07 Å². The van der Waals surface area contributed by atoms with Crippen molar-refractivity contribution in [3.05, 3.63) is 29.8 Å². The van der Waals surface area contributed by atoms with E-state index in [9.17, 15) is 9.18 Å². The normalized spacial score (nSPS) is 12.5. The van der Waals surface area contributed by atoms with Crippen LogP contribution in [0.4, 0.5) is 4.39 Å². The fraction of sp³-hybridized carbons (Fsp3) is 0.143. The molecule has 0 fully saturated rings. The van der Waals surface area contributed by atoms with E-state index in [4.69, 9.17) is 5.11 Å². The molecule has 0 bridgehead atoms. The van der Waals surface area contributed by atoms with Crippen molar-refractivity contribution in [2.24, 2.45) is 0 Å². The molecule has 0 aliphatic rings. The third-order valence-corrected chi connectivity index (χ3v) is 2.18. The van der Waals surface area contributed by atoms with Crippen LogP contribution in [0.2, 0.25) is 0 Å². The van der Waals surface area contributed by atoms with Gasteiger partial charge >= 0.3 is 5.97 Å². The number of pyridine rings is 1. The molecule has 0 saturated carbocycles. The maximum atomic E-state index is 12.5. The first-order valence-electron chi connectivity index (χ1n) is 3.09. The van der Waals surface area contributed by atoms with Gasteiger partial charge in [-0.1, -0.05) is 15.9 Å². The van der Waals surface area contributed by atoms with E-state index in [1.54, 1.807) is 0 Å². The number of carboxylic acids is 1. The van der Waals surface area contributed by atoms with Gasteiger partial charge in [-0.15, -0.1) is 0 Å². The summed E-state index contributed by atoms with van der Waals surface area (Å²) < 4.78 is 12.5. The van der Waals surface area contributed by atoms with Gasteiger partial charge in [0.15, 0.2) is 0 Å². The van der Waals surface area contributed by atoms with Crippen molar-refractivity contribution in [2.75, 3.05) is 0 Å². The van der Waals surface area contributed by atoms with Crippen LogP contribution in [-0.2, 0) is 4.79 Å². The number of alkyl halides is 1. The Morgan fingerprint density at radius 2 is 2.42 bits per heavy atom. The molecule has 1 aromatic rings. The van der Waals surface area contributed by atoms with Gasteiger partial charge in [0.1, 0.15) is 4.83 Å². The molecule has 0 aliphatic carbocycles. The van der Waals surface area contributed by atoms with Gasteiger partial charge in [0.05, 0.1) is 0 Å². The van der Waals surface area contributed by atoms with E-state index in [0.29, 0.717) is 5.56 Å². The molecule has 0 amide bonds. The fourth-order valence-electron chi connectivity index (χ4n) is 0.718. The summed E-state index contributed by atoms with van der Waals surface area (Å²) in [7, 11) is 0. The van der Waals surface area contributed by atoms with Crippen LogP contribution in [0.5, 0.6) is 0 Å². The smallest absolute Gasteiger partial charge is 0.321 e. The van der Waals surface area contributed by atoms with Gasteiger partial charge in [0.2, 0.25) is 5.95 Å². The summed E-state index contributed by atoms with van der Waals surface area (Å²) in [6.45, 7) is 0. The first kappa shape index (κ1) is 9.12. The summed E-state index contributed by atoms with van der Waals surface area (Å²) >= 11 is 2.89. The first-order valence-corrected chi connectivity index (χ1v) is 4.01. The van der Waals surface area contributed by atoms with Crippen LogP contribution in [0.15, 0.2) is 18.3 Å². The molecule has 1 heterocycles. The second kappa shape index (κ2) is 3.62. The molecule has 0 aliphatic heterocycles. The van der Waals surface area contributed by atoms with Gasteiger partial charge in [-0.2, -0.15) is 4.39 Å². The first-order chi connectivity index (χ1) is 5.61. The summed E-state index contributed by atoms with van der Waals surface area (Å²) in [5.41, 5.74) is 0.343. The third kappa shape index (κ3) is 2.01. The molecule has 0 spiro atoms. The summed E-state index contributed by atoms with van der Waals surface area (Å²) in [5, 5.41) is 8.54. The average molecular weight is 234 g/mol. The number of aliphatic carboxylic acids is 1. The molecule has 0 radical (unpaired) electrons. The number of carbonyl (C=O) groups is 1. The maximum absolute atomic E-state index is 12.5. The monoisotopic (exact) mass is 233 g/mol. The van der Waals surface area contributed by atoms with Gasteiger partial charge in [-0.3, -0.25) is 4.79 Å². The number of nitrogens with zero attached hydrogens (tertiary/aromatic N) is 1. The Morgan fingerprint density at radius 3 is 2.92 bits per heavy atom. The SMILES string of the molecule is O=C(O)C(Br)c1ccnc(F)c1. The Balaban J connectivity index is 2.95. The molecule has 3 nitrogen and oxygen atoms in total. The van der Waals surface area contributed by atoms with Crippen molar-refractivity contribution in [3.8, 4) is 0 Å². The second-order valence-corrected chi connectivity index (χ2v) is 3.03. The Bertz CT molecular complexity index is 305.